The SMILES string of the molecule is CCOC(C=O)N1C(=O)C(N)CCc2ccccc21. The number of nitrogens with two attached hydrogens (primary N) is 1. The number of hydrogen-bond donors (Lipinski definition) is 1. The number of para-hydroxylation sites is 1. The lowest BCUT2D eigenvalue weighted by molar-refractivity contribution is -0.128. The van der Waals surface area contributed by atoms with Crippen LogP contribution in [0.2, 0.25) is 0 Å². The Kier molecular flexibility index (Phi) is 4.29. The third kappa shape index (κ3) is 2.67. The molecule has 0 bridgehead atoms. The first-order valence-electron chi connectivity index (χ1n) is 6.42. The molecule has 0 saturated heterocycles. The molecule has 5 nitrogen and oxygen atoms in total. The molecule has 2 atom stereocenters. The molecular formula is C14H18N2O3. The summed E-state index contributed by atoms with van der Waals surface area (Å²) in [6.07, 6.45) is 1.01. The van der Waals surface area contributed by atoms with Crippen LogP contribution in [0, 0.1) is 0 Å². The van der Waals surface area contributed by atoms with Gasteiger partial charge in [-0.1, -0.05) is 18.2 Å². The number of anilines is 1. The van der Waals surface area contributed by atoms with Gasteiger partial charge in [-0.05, 0) is 31.4 Å². The molecule has 102 valence electrons. The van der Waals surface area contributed by atoms with Crippen molar-refractivity contribution in [1.29, 1.82) is 0 Å². The number of benzene rings is 1. The Morgan fingerprint density at radius 3 is 2.95 bits per heavy atom. The molecule has 0 fully saturated rings. The molecule has 1 aliphatic heterocycles. The molecule has 2 unspecified atom stereocenters. The summed E-state index contributed by atoms with van der Waals surface area (Å²) in [5.41, 5.74) is 7.60. The molecule has 1 amide bonds. The van der Waals surface area contributed by atoms with E-state index in [9.17, 15) is 9.59 Å². The van der Waals surface area contributed by atoms with Crippen molar-refractivity contribution in [2.75, 3.05) is 11.5 Å². The third-order valence-corrected chi connectivity index (χ3v) is 3.24. The van der Waals surface area contributed by atoms with Crippen LogP contribution in [0.5, 0.6) is 0 Å². The second-order valence-electron chi connectivity index (χ2n) is 4.46. The standard InChI is InChI=1S/C14H18N2O3/c1-2-19-13(9-17)16-12-6-4-3-5-10(12)7-8-11(15)14(16)18/h3-6,9,11,13H,2,7-8,15H2,1H3. The number of hydrogen-bond acceptors (Lipinski definition) is 4. The Labute approximate surface area is 112 Å². The van der Waals surface area contributed by atoms with Crippen molar-refractivity contribution < 1.29 is 14.3 Å². The predicted molar refractivity (Wildman–Crippen MR) is 71.7 cm³/mol. The average Bonchev–Trinajstić information content (AvgIpc) is 2.55. The molecule has 0 radical (unpaired) electrons. The van der Waals surface area contributed by atoms with Crippen molar-refractivity contribution in [2.24, 2.45) is 5.73 Å². The first kappa shape index (κ1) is 13.7. The van der Waals surface area contributed by atoms with Crippen molar-refractivity contribution in [2.45, 2.75) is 32.0 Å². The van der Waals surface area contributed by atoms with Gasteiger partial charge in [0.1, 0.15) is 0 Å². The van der Waals surface area contributed by atoms with E-state index in [0.29, 0.717) is 25.0 Å². The van der Waals surface area contributed by atoms with E-state index in [1.54, 1.807) is 6.92 Å². The molecule has 2 N–H and O–H groups in total. The number of nitrogens with zero attached hydrogens (tertiary/aromatic N) is 1. The van der Waals surface area contributed by atoms with Crippen molar-refractivity contribution in [1.82, 2.24) is 0 Å². The number of fused-ring (bicyclic) bond motifs is 1. The summed E-state index contributed by atoms with van der Waals surface area (Å²) in [6, 6.07) is 6.91. The van der Waals surface area contributed by atoms with Crippen LogP contribution >= 0.6 is 0 Å². The quantitative estimate of drug-likeness (QED) is 0.817. The molecule has 1 aromatic rings. The van der Waals surface area contributed by atoms with Crippen LogP contribution < -0.4 is 10.6 Å². The summed E-state index contributed by atoms with van der Waals surface area (Å²) in [5, 5.41) is 0. The van der Waals surface area contributed by atoms with Gasteiger partial charge in [-0.25, -0.2) is 0 Å². The normalized spacial score (nSPS) is 20.6. The van der Waals surface area contributed by atoms with Crippen molar-refractivity contribution in [3.8, 4) is 0 Å². The summed E-state index contributed by atoms with van der Waals surface area (Å²) in [5.74, 6) is -0.268. The van der Waals surface area contributed by atoms with Crippen molar-refractivity contribution in [3.05, 3.63) is 29.8 Å². The number of carbonyl (C=O) groups is 2. The van der Waals surface area contributed by atoms with Crippen LogP contribution in [-0.4, -0.2) is 31.1 Å². The Balaban J connectivity index is 2.46. The van der Waals surface area contributed by atoms with Crippen molar-refractivity contribution in [3.63, 3.8) is 0 Å². The minimum atomic E-state index is -0.914. The number of rotatable bonds is 4. The number of aldehydes is 1. The van der Waals surface area contributed by atoms with E-state index in [0.717, 1.165) is 12.0 Å². The number of carbonyl (C=O) groups excluding carboxylic acids is 2. The molecule has 0 saturated carbocycles. The molecule has 19 heavy (non-hydrogen) atoms. The minimum absolute atomic E-state index is 0.268. The minimum Gasteiger partial charge on any atom is -0.351 e. The van der Waals surface area contributed by atoms with Crippen molar-refractivity contribution >= 4 is 17.9 Å². The Morgan fingerprint density at radius 2 is 2.26 bits per heavy atom. The monoisotopic (exact) mass is 262 g/mol. The lowest BCUT2D eigenvalue weighted by Gasteiger charge is -2.29. The van der Waals surface area contributed by atoms with E-state index in [1.165, 1.54) is 4.90 Å². The molecule has 1 aromatic carbocycles. The van der Waals surface area contributed by atoms with E-state index in [-0.39, 0.29) is 5.91 Å². The molecule has 2 rings (SSSR count). The summed E-state index contributed by atoms with van der Waals surface area (Å²) < 4.78 is 5.34. The summed E-state index contributed by atoms with van der Waals surface area (Å²) >= 11 is 0. The maximum absolute atomic E-state index is 12.3. The van der Waals surface area contributed by atoms with Gasteiger partial charge in [0.25, 0.3) is 0 Å². The van der Waals surface area contributed by atoms with Gasteiger partial charge in [-0.2, -0.15) is 0 Å². The first-order valence-corrected chi connectivity index (χ1v) is 6.42. The molecule has 1 heterocycles. The zero-order valence-electron chi connectivity index (χ0n) is 10.9. The Morgan fingerprint density at radius 1 is 1.53 bits per heavy atom. The second kappa shape index (κ2) is 5.95. The van der Waals surface area contributed by atoms with Crippen LogP contribution in [0.3, 0.4) is 0 Å². The van der Waals surface area contributed by atoms with Gasteiger partial charge in [0, 0.05) is 12.3 Å². The lowest BCUT2D eigenvalue weighted by Crippen LogP contribution is -2.50. The highest BCUT2D eigenvalue weighted by Crippen LogP contribution is 2.28. The van der Waals surface area contributed by atoms with E-state index >= 15 is 0 Å². The molecule has 1 aliphatic rings. The summed E-state index contributed by atoms with van der Waals surface area (Å²) in [6.45, 7) is 2.13. The van der Waals surface area contributed by atoms with Crippen LogP contribution in [0.15, 0.2) is 24.3 Å². The van der Waals surface area contributed by atoms with Crippen LogP contribution in [0.1, 0.15) is 18.9 Å². The van der Waals surface area contributed by atoms with Crippen LogP contribution in [-0.2, 0) is 20.7 Å². The zero-order chi connectivity index (χ0) is 13.8. The molecule has 0 aliphatic carbocycles. The second-order valence-corrected chi connectivity index (χ2v) is 4.46. The topological polar surface area (TPSA) is 72.6 Å². The fourth-order valence-corrected chi connectivity index (χ4v) is 2.30. The fraction of sp³-hybridized carbons (Fsp3) is 0.429. The number of ether oxygens (including phenoxy) is 1. The highest BCUT2D eigenvalue weighted by molar-refractivity contribution is 6.01. The Bertz CT molecular complexity index is 476. The molecule has 5 heteroatoms. The van der Waals surface area contributed by atoms with E-state index in [1.807, 2.05) is 24.3 Å². The summed E-state index contributed by atoms with van der Waals surface area (Å²) in [4.78, 5) is 24.9. The van der Waals surface area contributed by atoms with E-state index < -0.39 is 12.3 Å². The largest absolute Gasteiger partial charge is 0.351 e. The molecular weight excluding hydrogens is 244 g/mol. The van der Waals surface area contributed by atoms with Gasteiger partial charge in [0.05, 0.1) is 6.04 Å². The highest BCUT2D eigenvalue weighted by Gasteiger charge is 2.33. The van der Waals surface area contributed by atoms with Crippen LogP contribution in [0.25, 0.3) is 0 Å². The van der Waals surface area contributed by atoms with E-state index in [4.69, 9.17) is 10.5 Å². The molecule has 0 aromatic heterocycles. The average molecular weight is 262 g/mol. The maximum atomic E-state index is 12.3. The molecule has 0 spiro atoms. The Hall–Kier alpha value is -1.72. The van der Waals surface area contributed by atoms with Gasteiger partial charge in [0.2, 0.25) is 5.91 Å². The zero-order valence-corrected chi connectivity index (χ0v) is 10.9. The van der Waals surface area contributed by atoms with Gasteiger partial charge >= 0.3 is 0 Å². The van der Waals surface area contributed by atoms with Gasteiger partial charge in [0.15, 0.2) is 12.5 Å². The predicted octanol–water partition coefficient (Wildman–Crippen LogP) is 0.855. The number of amides is 1. The van der Waals surface area contributed by atoms with E-state index in [2.05, 4.69) is 0 Å². The van der Waals surface area contributed by atoms with Crippen LogP contribution in [0.4, 0.5) is 5.69 Å². The maximum Gasteiger partial charge on any atom is 0.246 e. The lowest BCUT2D eigenvalue weighted by atomic mass is 10.1. The number of aryl methyl sites for hydroxylation is 1. The third-order valence-electron chi connectivity index (χ3n) is 3.24. The van der Waals surface area contributed by atoms with Gasteiger partial charge in [-0.15, -0.1) is 0 Å². The fourth-order valence-electron chi connectivity index (χ4n) is 2.30. The van der Waals surface area contributed by atoms with Gasteiger partial charge < -0.3 is 10.5 Å². The highest BCUT2D eigenvalue weighted by atomic mass is 16.5. The summed E-state index contributed by atoms with van der Waals surface area (Å²) in [7, 11) is 0. The van der Waals surface area contributed by atoms with Gasteiger partial charge in [-0.3, -0.25) is 14.5 Å². The first-order chi connectivity index (χ1) is 9.19. The smallest absolute Gasteiger partial charge is 0.246 e.